The van der Waals surface area contributed by atoms with Crippen LogP contribution >= 0.6 is 23.4 Å². The van der Waals surface area contributed by atoms with Gasteiger partial charge in [-0.1, -0.05) is 68.4 Å². The average Bonchev–Trinajstić information content (AvgIpc) is 2.60. The second kappa shape index (κ2) is 7.29. The summed E-state index contributed by atoms with van der Waals surface area (Å²) in [6.07, 6.45) is 0. The molecule has 2 aromatic carbocycles. The standard InChI is InChI=1S/C21H21ClN2OS/c1-21(2,3)15-7-5-14(6-8-15)18-13-19(25)24(4)20(23-18)26-17-11-9-16(22)10-12-17/h5-13H,1-4H3. The molecule has 26 heavy (non-hydrogen) atoms. The quantitative estimate of drug-likeness (QED) is 0.555. The second-order valence-electron chi connectivity index (χ2n) is 7.20. The minimum atomic E-state index is -0.0774. The third kappa shape index (κ3) is 4.19. The van der Waals surface area contributed by atoms with E-state index in [1.165, 1.54) is 17.3 Å². The van der Waals surface area contributed by atoms with Gasteiger partial charge in [-0.25, -0.2) is 4.98 Å². The monoisotopic (exact) mass is 384 g/mol. The van der Waals surface area contributed by atoms with Crippen molar-refractivity contribution in [2.75, 3.05) is 0 Å². The molecule has 3 rings (SSSR count). The number of hydrogen-bond acceptors (Lipinski definition) is 3. The van der Waals surface area contributed by atoms with E-state index >= 15 is 0 Å². The van der Waals surface area contributed by atoms with Gasteiger partial charge in [0.15, 0.2) is 5.16 Å². The fourth-order valence-electron chi connectivity index (χ4n) is 2.51. The van der Waals surface area contributed by atoms with Gasteiger partial charge in [-0.2, -0.15) is 0 Å². The van der Waals surface area contributed by atoms with Gasteiger partial charge in [0.05, 0.1) is 5.69 Å². The Bertz CT molecular complexity index is 971. The highest BCUT2D eigenvalue weighted by Gasteiger charge is 2.14. The SMILES string of the molecule is Cn1c(Sc2ccc(Cl)cc2)nc(-c2ccc(C(C)(C)C)cc2)cc1=O. The van der Waals surface area contributed by atoms with Crippen molar-refractivity contribution in [1.82, 2.24) is 9.55 Å². The molecule has 0 unspecified atom stereocenters. The molecule has 0 bridgehead atoms. The van der Waals surface area contributed by atoms with E-state index in [1.807, 2.05) is 36.4 Å². The van der Waals surface area contributed by atoms with Gasteiger partial charge >= 0.3 is 0 Å². The van der Waals surface area contributed by atoms with Gasteiger partial charge in [0.25, 0.3) is 5.56 Å². The van der Waals surface area contributed by atoms with Crippen LogP contribution in [-0.4, -0.2) is 9.55 Å². The van der Waals surface area contributed by atoms with E-state index in [2.05, 4.69) is 32.9 Å². The molecular formula is C21H21ClN2OS. The molecule has 0 saturated heterocycles. The Balaban J connectivity index is 1.97. The number of nitrogens with zero attached hydrogens (tertiary/aromatic N) is 2. The smallest absolute Gasteiger partial charge is 0.254 e. The fourth-order valence-corrected chi connectivity index (χ4v) is 3.49. The van der Waals surface area contributed by atoms with E-state index in [4.69, 9.17) is 16.6 Å². The van der Waals surface area contributed by atoms with Gasteiger partial charge in [0.2, 0.25) is 0 Å². The predicted octanol–water partition coefficient (Wildman–Crippen LogP) is 5.55. The molecule has 0 N–H and O–H groups in total. The van der Waals surface area contributed by atoms with Crippen LogP contribution in [0.1, 0.15) is 26.3 Å². The highest BCUT2D eigenvalue weighted by atomic mass is 35.5. The summed E-state index contributed by atoms with van der Waals surface area (Å²) in [5.41, 5.74) is 2.89. The zero-order chi connectivity index (χ0) is 18.9. The van der Waals surface area contributed by atoms with Gasteiger partial charge in [-0.3, -0.25) is 9.36 Å². The number of hydrogen-bond donors (Lipinski definition) is 0. The summed E-state index contributed by atoms with van der Waals surface area (Å²) in [6.45, 7) is 6.54. The van der Waals surface area contributed by atoms with Crippen molar-refractivity contribution in [2.24, 2.45) is 7.05 Å². The predicted molar refractivity (Wildman–Crippen MR) is 109 cm³/mol. The minimum Gasteiger partial charge on any atom is -0.290 e. The van der Waals surface area contributed by atoms with Gasteiger partial charge < -0.3 is 0 Å². The molecule has 0 aliphatic carbocycles. The lowest BCUT2D eigenvalue weighted by molar-refractivity contribution is 0.590. The van der Waals surface area contributed by atoms with Crippen LogP contribution in [0.2, 0.25) is 5.02 Å². The van der Waals surface area contributed by atoms with Gasteiger partial charge in [0.1, 0.15) is 0 Å². The summed E-state index contributed by atoms with van der Waals surface area (Å²) in [6, 6.07) is 17.3. The molecule has 0 radical (unpaired) electrons. The second-order valence-corrected chi connectivity index (χ2v) is 8.68. The topological polar surface area (TPSA) is 34.9 Å². The van der Waals surface area contributed by atoms with Crippen LogP contribution < -0.4 is 5.56 Å². The highest BCUT2D eigenvalue weighted by molar-refractivity contribution is 7.99. The lowest BCUT2D eigenvalue weighted by Crippen LogP contribution is -2.19. The zero-order valence-electron chi connectivity index (χ0n) is 15.3. The molecule has 0 atom stereocenters. The van der Waals surface area contributed by atoms with Crippen molar-refractivity contribution >= 4 is 23.4 Å². The van der Waals surface area contributed by atoms with E-state index in [9.17, 15) is 4.79 Å². The molecule has 0 saturated carbocycles. The van der Waals surface area contributed by atoms with E-state index in [1.54, 1.807) is 17.7 Å². The fraction of sp³-hybridized carbons (Fsp3) is 0.238. The first-order chi connectivity index (χ1) is 12.2. The summed E-state index contributed by atoms with van der Waals surface area (Å²) < 4.78 is 1.56. The molecule has 5 heteroatoms. The molecule has 0 fully saturated rings. The lowest BCUT2D eigenvalue weighted by Gasteiger charge is -2.19. The van der Waals surface area contributed by atoms with E-state index in [-0.39, 0.29) is 11.0 Å². The molecule has 0 aliphatic rings. The van der Waals surface area contributed by atoms with Crippen LogP contribution in [0.4, 0.5) is 0 Å². The number of rotatable bonds is 3. The number of benzene rings is 2. The van der Waals surface area contributed by atoms with Crippen LogP contribution in [0.15, 0.2) is 69.4 Å². The van der Waals surface area contributed by atoms with Gasteiger partial charge in [-0.15, -0.1) is 0 Å². The molecule has 0 amide bonds. The third-order valence-corrected chi connectivity index (χ3v) is 5.47. The van der Waals surface area contributed by atoms with Crippen molar-refractivity contribution < 1.29 is 0 Å². The Morgan fingerprint density at radius 1 is 1.00 bits per heavy atom. The maximum Gasteiger partial charge on any atom is 0.254 e. The number of aromatic nitrogens is 2. The molecule has 3 nitrogen and oxygen atoms in total. The summed E-state index contributed by atoms with van der Waals surface area (Å²) in [5.74, 6) is 0. The molecule has 1 aromatic heterocycles. The normalized spacial score (nSPS) is 11.6. The zero-order valence-corrected chi connectivity index (χ0v) is 16.9. The van der Waals surface area contributed by atoms with Crippen LogP contribution in [-0.2, 0) is 12.5 Å². The number of halogens is 1. The van der Waals surface area contributed by atoms with Crippen molar-refractivity contribution in [2.45, 2.75) is 36.2 Å². The lowest BCUT2D eigenvalue weighted by atomic mass is 9.86. The van der Waals surface area contributed by atoms with Crippen LogP contribution in [0.25, 0.3) is 11.3 Å². The van der Waals surface area contributed by atoms with Crippen molar-refractivity contribution in [3.63, 3.8) is 0 Å². The molecular weight excluding hydrogens is 364 g/mol. The van der Waals surface area contributed by atoms with Crippen molar-refractivity contribution in [1.29, 1.82) is 0 Å². The summed E-state index contributed by atoms with van der Waals surface area (Å²) >= 11 is 7.39. The first kappa shape index (κ1) is 18.7. The molecule has 134 valence electrons. The van der Waals surface area contributed by atoms with E-state index in [0.717, 1.165) is 10.5 Å². The first-order valence-corrected chi connectivity index (χ1v) is 9.56. The van der Waals surface area contributed by atoms with Crippen LogP contribution in [0.3, 0.4) is 0 Å². The molecule has 1 heterocycles. The largest absolute Gasteiger partial charge is 0.290 e. The Morgan fingerprint density at radius 2 is 1.62 bits per heavy atom. The highest BCUT2D eigenvalue weighted by Crippen LogP contribution is 2.29. The Hall–Kier alpha value is -2.04. The van der Waals surface area contributed by atoms with E-state index in [0.29, 0.717) is 15.9 Å². The minimum absolute atomic E-state index is 0.0774. The van der Waals surface area contributed by atoms with Crippen LogP contribution in [0.5, 0.6) is 0 Å². The van der Waals surface area contributed by atoms with Crippen molar-refractivity contribution in [3.05, 3.63) is 75.5 Å². The Morgan fingerprint density at radius 3 is 2.19 bits per heavy atom. The summed E-state index contributed by atoms with van der Waals surface area (Å²) in [4.78, 5) is 18.1. The maximum absolute atomic E-state index is 12.4. The Kier molecular flexibility index (Phi) is 5.26. The molecule has 0 aliphatic heterocycles. The first-order valence-electron chi connectivity index (χ1n) is 8.36. The third-order valence-electron chi connectivity index (χ3n) is 4.16. The Labute approximate surface area is 163 Å². The maximum atomic E-state index is 12.4. The van der Waals surface area contributed by atoms with Crippen LogP contribution in [0, 0.1) is 0 Å². The van der Waals surface area contributed by atoms with Crippen molar-refractivity contribution in [3.8, 4) is 11.3 Å². The van der Waals surface area contributed by atoms with Gasteiger partial charge in [-0.05, 0) is 35.2 Å². The summed E-state index contributed by atoms with van der Waals surface area (Å²) in [7, 11) is 1.74. The molecule has 3 aromatic rings. The summed E-state index contributed by atoms with van der Waals surface area (Å²) in [5, 5.41) is 1.33. The van der Waals surface area contributed by atoms with Gasteiger partial charge in [0, 0.05) is 28.6 Å². The molecule has 0 spiro atoms. The van der Waals surface area contributed by atoms with E-state index < -0.39 is 0 Å². The average molecular weight is 385 g/mol.